The van der Waals surface area contributed by atoms with E-state index >= 15 is 0 Å². The van der Waals surface area contributed by atoms with Crippen molar-refractivity contribution in [2.45, 2.75) is 19.3 Å². The summed E-state index contributed by atoms with van der Waals surface area (Å²) in [6.07, 6.45) is 0.903. The van der Waals surface area contributed by atoms with Gasteiger partial charge in [0, 0.05) is 22.5 Å². The maximum Gasteiger partial charge on any atom is 0.0440 e. The monoisotopic (exact) mass is 307 g/mol. The number of hydrogen-bond acceptors (Lipinski definition) is 1. The quantitative estimate of drug-likeness (QED) is 0.833. The lowest BCUT2D eigenvalue weighted by Crippen LogP contribution is -2.19. The van der Waals surface area contributed by atoms with E-state index in [0.29, 0.717) is 5.92 Å². The fourth-order valence-electron chi connectivity index (χ4n) is 2.40. The average molecular weight is 308 g/mol. The number of benzene rings is 2. The summed E-state index contributed by atoms with van der Waals surface area (Å²) in [6, 6.07) is 14.3. The van der Waals surface area contributed by atoms with Gasteiger partial charge in [0.15, 0.2) is 0 Å². The van der Waals surface area contributed by atoms with Gasteiger partial charge in [-0.25, -0.2) is 0 Å². The lowest BCUT2D eigenvalue weighted by atomic mass is 9.91. The molecular formula is C17H19Cl2N. The van der Waals surface area contributed by atoms with Gasteiger partial charge in [0.1, 0.15) is 0 Å². The third-order valence-electron chi connectivity index (χ3n) is 3.45. The molecule has 0 saturated heterocycles. The Labute approximate surface area is 130 Å². The third-order valence-corrected chi connectivity index (χ3v) is 4.03. The highest BCUT2D eigenvalue weighted by atomic mass is 35.5. The first-order valence-corrected chi connectivity index (χ1v) is 7.51. The topological polar surface area (TPSA) is 12.0 Å². The number of aryl methyl sites for hydroxylation is 1. The Hall–Kier alpha value is -1.02. The summed E-state index contributed by atoms with van der Waals surface area (Å²) in [7, 11) is 1.97. The maximum absolute atomic E-state index is 6.35. The molecule has 20 heavy (non-hydrogen) atoms. The smallest absolute Gasteiger partial charge is 0.0440 e. The molecule has 0 amide bonds. The van der Waals surface area contributed by atoms with Crippen LogP contribution < -0.4 is 5.32 Å². The van der Waals surface area contributed by atoms with Gasteiger partial charge in [0.25, 0.3) is 0 Å². The maximum atomic E-state index is 6.35. The minimum absolute atomic E-state index is 0.360. The molecule has 1 nitrogen and oxygen atoms in total. The van der Waals surface area contributed by atoms with Gasteiger partial charge < -0.3 is 5.32 Å². The minimum Gasteiger partial charge on any atom is -0.319 e. The van der Waals surface area contributed by atoms with Gasteiger partial charge in [-0.1, -0.05) is 47.5 Å². The van der Waals surface area contributed by atoms with Crippen LogP contribution in [0.4, 0.5) is 0 Å². The fourth-order valence-corrected chi connectivity index (χ4v) is 2.91. The lowest BCUT2D eigenvalue weighted by Gasteiger charge is -2.18. The molecule has 0 aliphatic rings. The Morgan fingerprint density at radius 1 is 1.10 bits per heavy atom. The molecule has 2 aromatic carbocycles. The summed E-state index contributed by atoms with van der Waals surface area (Å²) in [5.74, 6) is 0.360. The van der Waals surface area contributed by atoms with Crippen LogP contribution in [0.1, 0.15) is 22.6 Å². The summed E-state index contributed by atoms with van der Waals surface area (Å²) in [4.78, 5) is 0. The summed E-state index contributed by atoms with van der Waals surface area (Å²) >= 11 is 12.4. The lowest BCUT2D eigenvalue weighted by molar-refractivity contribution is 0.626. The highest BCUT2D eigenvalue weighted by molar-refractivity contribution is 6.31. The molecular weight excluding hydrogens is 289 g/mol. The first kappa shape index (κ1) is 15.4. The second-order valence-corrected chi connectivity index (χ2v) is 5.95. The van der Waals surface area contributed by atoms with E-state index in [1.807, 2.05) is 31.3 Å². The van der Waals surface area contributed by atoms with Gasteiger partial charge in [-0.15, -0.1) is 0 Å². The average Bonchev–Trinajstić information content (AvgIpc) is 2.41. The zero-order valence-electron chi connectivity index (χ0n) is 11.8. The molecule has 1 unspecified atom stereocenters. The zero-order valence-corrected chi connectivity index (χ0v) is 13.3. The van der Waals surface area contributed by atoms with Crippen LogP contribution >= 0.6 is 23.2 Å². The zero-order chi connectivity index (χ0) is 14.5. The van der Waals surface area contributed by atoms with Crippen molar-refractivity contribution in [3.8, 4) is 0 Å². The second kappa shape index (κ2) is 7.12. The summed E-state index contributed by atoms with van der Waals surface area (Å²) in [5.41, 5.74) is 3.60. The fraction of sp³-hybridized carbons (Fsp3) is 0.294. The Bertz CT molecular complexity index is 581. The molecule has 0 heterocycles. The second-order valence-electron chi connectivity index (χ2n) is 5.11. The molecule has 1 atom stereocenters. The van der Waals surface area contributed by atoms with E-state index in [2.05, 4.69) is 30.4 Å². The normalized spacial score (nSPS) is 12.4. The highest BCUT2D eigenvalue weighted by Crippen LogP contribution is 2.27. The van der Waals surface area contributed by atoms with Crippen molar-refractivity contribution in [1.82, 2.24) is 5.32 Å². The van der Waals surface area contributed by atoms with Crippen molar-refractivity contribution in [2.24, 2.45) is 0 Å². The van der Waals surface area contributed by atoms with E-state index in [-0.39, 0.29) is 0 Å². The number of halogens is 2. The number of likely N-dealkylation sites (N-methyl/N-ethyl adjacent to an activating group) is 1. The van der Waals surface area contributed by atoms with Crippen LogP contribution in [0.25, 0.3) is 0 Å². The number of rotatable bonds is 5. The van der Waals surface area contributed by atoms with Crippen LogP contribution in [-0.2, 0) is 6.42 Å². The van der Waals surface area contributed by atoms with Crippen LogP contribution in [-0.4, -0.2) is 13.6 Å². The molecule has 3 heteroatoms. The van der Waals surface area contributed by atoms with Crippen molar-refractivity contribution in [3.63, 3.8) is 0 Å². The van der Waals surface area contributed by atoms with Crippen LogP contribution in [0.5, 0.6) is 0 Å². The Morgan fingerprint density at radius 2 is 1.90 bits per heavy atom. The van der Waals surface area contributed by atoms with E-state index in [0.717, 1.165) is 23.0 Å². The summed E-state index contributed by atoms with van der Waals surface area (Å²) < 4.78 is 0. The van der Waals surface area contributed by atoms with Gasteiger partial charge in [-0.05, 0) is 55.3 Å². The van der Waals surface area contributed by atoms with Gasteiger partial charge >= 0.3 is 0 Å². The molecule has 2 aromatic rings. The van der Waals surface area contributed by atoms with Crippen LogP contribution in [0.2, 0.25) is 10.0 Å². The molecule has 2 rings (SSSR count). The van der Waals surface area contributed by atoms with Gasteiger partial charge in [-0.3, -0.25) is 0 Å². The van der Waals surface area contributed by atoms with E-state index in [1.54, 1.807) is 0 Å². The summed E-state index contributed by atoms with van der Waals surface area (Å²) in [5, 5.41) is 4.87. The van der Waals surface area contributed by atoms with Gasteiger partial charge in [0.2, 0.25) is 0 Å². The molecule has 0 aromatic heterocycles. The molecule has 0 aliphatic carbocycles. The number of nitrogens with one attached hydrogen (secondary N) is 1. The van der Waals surface area contributed by atoms with Crippen LogP contribution in [0, 0.1) is 6.92 Å². The summed E-state index contributed by atoms with van der Waals surface area (Å²) in [6.45, 7) is 2.95. The Balaban J connectivity index is 2.25. The highest BCUT2D eigenvalue weighted by Gasteiger charge is 2.14. The van der Waals surface area contributed by atoms with E-state index < -0.39 is 0 Å². The molecule has 0 radical (unpaired) electrons. The Morgan fingerprint density at radius 3 is 2.55 bits per heavy atom. The molecule has 106 valence electrons. The molecule has 0 spiro atoms. The number of hydrogen-bond donors (Lipinski definition) is 1. The third kappa shape index (κ3) is 3.99. The first-order valence-electron chi connectivity index (χ1n) is 6.75. The molecule has 1 N–H and O–H groups in total. The predicted molar refractivity (Wildman–Crippen MR) is 88.0 cm³/mol. The van der Waals surface area contributed by atoms with Gasteiger partial charge in [-0.2, -0.15) is 0 Å². The van der Waals surface area contributed by atoms with Crippen molar-refractivity contribution in [3.05, 3.63) is 69.2 Å². The molecule has 0 fully saturated rings. The van der Waals surface area contributed by atoms with Crippen LogP contribution in [0.15, 0.2) is 42.5 Å². The molecule has 0 bridgehead atoms. The molecule has 0 saturated carbocycles. The standard InChI is InChI=1S/C17H19Cl2N/c1-12-6-7-14(17(19)8-12)9-15(11-20-2)13-4-3-5-16(18)10-13/h3-8,10,15,20H,9,11H2,1-2H3. The minimum atomic E-state index is 0.360. The van der Waals surface area contributed by atoms with Crippen LogP contribution in [0.3, 0.4) is 0 Å². The van der Waals surface area contributed by atoms with Crippen molar-refractivity contribution < 1.29 is 0 Å². The van der Waals surface area contributed by atoms with Crippen molar-refractivity contribution in [2.75, 3.05) is 13.6 Å². The predicted octanol–water partition coefficient (Wildman–Crippen LogP) is 4.85. The van der Waals surface area contributed by atoms with E-state index in [9.17, 15) is 0 Å². The van der Waals surface area contributed by atoms with Gasteiger partial charge in [0.05, 0.1) is 0 Å². The van der Waals surface area contributed by atoms with Crippen molar-refractivity contribution >= 4 is 23.2 Å². The van der Waals surface area contributed by atoms with E-state index in [1.165, 1.54) is 16.7 Å². The SMILES string of the molecule is CNCC(Cc1ccc(C)cc1Cl)c1cccc(Cl)c1. The Kier molecular flexibility index (Phi) is 5.47. The van der Waals surface area contributed by atoms with E-state index in [4.69, 9.17) is 23.2 Å². The molecule has 0 aliphatic heterocycles. The largest absolute Gasteiger partial charge is 0.319 e. The van der Waals surface area contributed by atoms with Crippen molar-refractivity contribution in [1.29, 1.82) is 0 Å². The first-order chi connectivity index (χ1) is 9.60.